The molecule has 3 fully saturated rings. The molecule has 2 aromatic carbocycles. The average Bonchev–Trinajstić information content (AvgIpc) is 1.61. The van der Waals surface area contributed by atoms with Crippen LogP contribution in [-0.2, 0) is 99.4 Å². The summed E-state index contributed by atoms with van der Waals surface area (Å²) in [6.45, 7) is 4.48. The SMILES string of the molecule is CC(C)[C@H](NC(=O)CCOCCNC(=O)OC[C@H]1C2CCc3c(nnn3CCCCC[C@@H](N)C(=O)NCCCC[C@@H]3NC(=O)[C@@H](Cc4ccccc4)NC(=O)[C@H](CC(=O)O)NC(=O)CNC(=O)[C@H](CCCN=C(N)N)NC3=O)CC[C@H]21)C(=O)N[C@@H](CCCNC(N)=O)C(=O)Nc1ccc(COC(=O)NCCCCCC(=O)N2C[C@H](O)C[C@H]2CO)cc1. The number of guanidine groups is 1. The number of carboxylic acids is 1. The van der Waals surface area contributed by atoms with Crippen molar-refractivity contribution in [1.82, 2.24) is 78.4 Å². The molecular formula is C80H123N21O20. The Morgan fingerprint density at radius 3 is 2.03 bits per heavy atom. The number of unbranched alkanes of at least 4 members (excludes halogenated alkanes) is 5. The van der Waals surface area contributed by atoms with Crippen molar-refractivity contribution in [3.63, 3.8) is 0 Å². The van der Waals surface area contributed by atoms with Crippen LogP contribution in [0.1, 0.15) is 165 Å². The molecule has 1 saturated carbocycles. The van der Waals surface area contributed by atoms with E-state index in [0.29, 0.717) is 86.7 Å². The van der Waals surface area contributed by atoms with Gasteiger partial charge in [-0.05, 0) is 150 Å². The summed E-state index contributed by atoms with van der Waals surface area (Å²) in [7, 11) is 0. The Morgan fingerprint density at radius 2 is 1.31 bits per heavy atom. The summed E-state index contributed by atoms with van der Waals surface area (Å²) < 4.78 is 18.6. The monoisotopic (exact) mass is 1700 g/mol. The van der Waals surface area contributed by atoms with E-state index >= 15 is 0 Å². The summed E-state index contributed by atoms with van der Waals surface area (Å²) in [6.07, 6.45) is 6.61. The first-order chi connectivity index (χ1) is 58.0. The van der Waals surface area contributed by atoms with E-state index in [1.54, 1.807) is 68.4 Å². The number of urea groups is 1. The van der Waals surface area contributed by atoms with Gasteiger partial charge in [0, 0.05) is 70.8 Å². The molecule has 41 heteroatoms. The first-order valence-electron chi connectivity index (χ1n) is 41.8. The van der Waals surface area contributed by atoms with E-state index in [1.165, 1.54) is 4.90 Å². The lowest BCUT2D eigenvalue weighted by atomic mass is 10.0. The summed E-state index contributed by atoms with van der Waals surface area (Å²) in [5.74, 6) is -7.50. The van der Waals surface area contributed by atoms with Crippen molar-refractivity contribution >= 4 is 94.9 Å². The van der Waals surface area contributed by atoms with Gasteiger partial charge < -0.3 is 121 Å². The van der Waals surface area contributed by atoms with Gasteiger partial charge >= 0.3 is 24.2 Å². The molecule has 41 nitrogen and oxygen atoms in total. The largest absolute Gasteiger partial charge is 0.481 e. The second-order valence-corrected chi connectivity index (χ2v) is 31.2. The number of alkyl carbamates (subject to hydrolysis) is 2. The number of β-amino-alcohol motifs (C(OH)–C–C–N with tert-alkyl or cyclic N) is 1. The van der Waals surface area contributed by atoms with Crippen molar-refractivity contribution in [3.05, 3.63) is 77.1 Å². The minimum absolute atomic E-state index is 0.00314. The van der Waals surface area contributed by atoms with E-state index < -0.39 is 139 Å². The quantitative estimate of drug-likeness (QED) is 0.0176. The number of aromatic nitrogens is 3. The molecule has 3 heterocycles. The fourth-order valence-electron chi connectivity index (χ4n) is 14.8. The van der Waals surface area contributed by atoms with E-state index in [9.17, 15) is 82.4 Å². The van der Waals surface area contributed by atoms with Crippen LogP contribution < -0.4 is 86.7 Å². The standard InChI is InChI=1S/C80H123N21O20/c1-48(2)69(76(115)95-61(21-15-35-87-78(84)116)72(111)91-51-25-23-50(24-26-51)46-120-79(117)88-33-11-4-9-22-67(106)100-44-53(103)41-52(100)45-102)97-65(104)31-38-119-39-36-89-80(118)121-47-56-54-27-29-58-64(30-28-55(54)56)101(99-98-58)37-13-5-8-18-57(81)70(109)85-32-12-10-19-60-73(112)93-59(20-14-34-86-77(82)83)71(110)90-43-66(105)92-63(42-68(107)108)75(114)96-62(74(113)94-60)40-49-16-6-3-7-17-49/h3,6-7,16-17,23-26,48,52-57,59-63,69,102-103H,4-5,8-15,18-22,27-47,81H2,1-2H3,(H,85,109)(H,88,117)(H,89,118)(H,90,110)(H,91,111)(H,92,105)(H,93,112)(H,94,113)(H,95,115)(H,96,114)(H,97,104)(H,107,108)(H4,82,83,86)(H3,84,87,116)/t52-,53+,54+,55?,56+,57+,59-,60-,61-,62+,63-,69-/m0/s1. The maximum atomic E-state index is 14.2. The molecule has 0 radical (unpaired) electrons. The maximum Gasteiger partial charge on any atom is 0.407 e. The molecule has 12 atom stereocenters. The molecule has 23 N–H and O–H groups in total. The van der Waals surface area contributed by atoms with Gasteiger partial charge in [0.05, 0.1) is 69.0 Å². The number of likely N-dealkylation sites (tertiary alicyclic amines) is 1. The number of carbonyl (C=O) groups is 14. The number of nitrogens with one attached hydrogen (secondary N) is 12. The van der Waals surface area contributed by atoms with Gasteiger partial charge in [0.2, 0.25) is 59.1 Å². The van der Waals surface area contributed by atoms with Gasteiger partial charge in [0.15, 0.2) is 5.96 Å². The third-order valence-electron chi connectivity index (χ3n) is 21.5. The van der Waals surface area contributed by atoms with Gasteiger partial charge in [-0.25, -0.2) is 19.1 Å². The van der Waals surface area contributed by atoms with Crippen molar-refractivity contribution in [2.75, 3.05) is 77.6 Å². The summed E-state index contributed by atoms with van der Waals surface area (Å²) >= 11 is 0. The molecule has 668 valence electrons. The highest BCUT2D eigenvalue weighted by atomic mass is 16.6. The first-order valence-corrected chi connectivity index (χ1v) is 41.8. The molecule has 3 aromatic rings. The summed E-state index contributed by atoms with van der Waals surface area (Å²) in [6, 6.07) is 5.52. The Kier molecular flexibility index (Phi) is 41.1. The minimum atomic E-state index is -1.64. The Morgan fingerprint density at radius 1 is 0.653 bits per heavy atom. The molecule has 2 aliphatic carbocycles. The number of aliphatic imine (C=N–C) groups is 1. The predicted octanol–water partition coefficient (Wildman–Crippen LogP) is -1.38. The molecule has 2 saturated heterocycles. The zero-order valence-electron chi connectivity index (χ0n) is 69.0. The number of ether oxygens (including phenoxy) is 3. The van der Waals surface area contributed by atoms with E-state index in [1.807, 2.05) is 4.68 Å². The molecule has 1 aromatic heterocycles. The van der Waals surface area contributed by atoms with Crippen LogP contribution in [0.15, 0.2) is 59.6 Å². The number of nitrogens with two attached hydrogens (primary N) is 4. The smallest absolute Gasteiger partial charge is 0.407 e. The molecule has 121 heavy (non-hydrogen) atoms. The van der Waals surface area contributed by atoms with Crippen LogP contribution in [0.4, 0.5) is 20.1 Å². The number of aryl methyl sites for hydroxylation is 2. The normalized spacial score (nSPS) is 20.6. The maximum absolute atomic E-state index is 14.2. The molecule has 1 unspecified atom stereocenters. The zero-order chi connectivity index (χ0) is 87.8. The summed E-state index contributed by atoms with van der Waals surface area (Å²) in [5, 5.41) is 69.6. The van der Waals surface area contributed by atoms with Crippen LogP contribution in [0, 0.1) is 23.7 Å². The highest BCUT2D eigenvalue weighted by Crippen LogP contribution is 2.53. The predicted molar refractivity (Wildman–Crippen MR) is 439 cm³/mol. The van der Waals surface area contributed by atoms with Gasteiger partial charge in [-0.15, -0.1) is 5.10 Å². The Bertz CT molecular complexity index is 3950. The number of carbonyl (C=O) groups excluding carboxylic acids is 13. The number of anilines is 1. The number of aliphatic hydroxyl groups is 2. The van der Waals surface area contributed by atoms with E-state index in [2.05, 4.69) is 79.1 Å². The number of rotatable bonds is 47. The molecule has 7 rings (SSSR count). The van der Waals surface area contributed by atoms with Gasteiger partial charge in [0.1, 0.15) is 42.9 Å². The number of fused-ring (bicyclic) bond motifs is 2. The fraction of sp³-hybridized carbons (Fsp3) is 0.637. The van der Waals surface area contributed by atoms with Gasteiger partial charge in [-0.3, -0.25) is 57.7 Å². The van der Waals surface area contributed by atoms with Crippen LogP contribution in [0.5, 0.6) is 0 Å². The number of hydrogen-bond donors (Lipinski definition) is 19. The molecule has 4 aliphatic rings. The molecule has 2 aliphatic heterocycles. The molecule has 0 bridgehead atoms. The Balaban J connectivity index is 0.754. The second-order valence-electron chi connectivity index (χ2n) is 31.2. The van der Waals surface area contributed by atoms with Crippen molar-refractivity contribution < 1.29 is 96.7 Å². The number of carboxylic acid groups (broad SMARTS) is 1. The van der Waals surface area contributed by atoms with E-state index in [0.717, 1.165) is 49.9 Å². The highest BCUT2D eigenvalue weighted by Gasteiger charge is 2.50. The lowest BCUT2D eigenvalue weighted by Crippen LogP contribution is -2.58. The van der Waals surface area contributed by atoms with Crippen molar-refractivity contribution in [2.24, 2.45) is 51.6 Å². The topological polar surface area (TPSA) is 622 Å². The van der Waals surface area contributed by atoms with Crippen LogP contribution in [0.2, 0.25) is 0 Å². The third kappa shape index (κ3) is 34.7. The molecule has 0 spiro atoms. The van der Waals surface area contributed by atoms with Gasteiger partial charge in [0.25, 0.3) is 0 Å². The fourth-order valence-corrected chi connectivity index (χ4v) is 14.8. The third-order valence-corrected chi connectivity index (χ3v) is 21.5. The number of amides is 14. The number of aliphatic hydroxyl groups excluding tert-OH is 2. The Hall–Kier alpha value is -11.3. The number of primary amides is 1. The summed E-state index contributed by atoms with van der Waals surface area (Å²) in [4.78, 5) is 189. The van der Waals surface area contributed by atoms with Crippen molar-refractivity contribution in [1.29, 1.82) is 0 Å². The lowest BCUT2D eigenvalue weighted by molar-refractivity contribution is -0.141. The second kappa shape index (κ2) is 51.3. The van der Waals surface area contributed by atoms with Crippen molar-refractivity contribution in [3.8, 4) is 0 Å². The number of benzene rings is 2. The minimum Gasteiger partial charge on any atom is -0.481 e. The number of hydrogen-bond acceptors (Lipinski definition) is 23. The van der Waals surface area contributed by atoms with E-state index in [-0.39, 0.29) is 153 Å². The number of aliphatic carboxylic acids is 1. The highest BCUT2D eigenvalue weighted by molar-refractivity contribution is 6.00. The zero-order valence-corrected chi connectivity index (χ0v) is 69.0. The van der Waals surface area contributed by atoms with E-state index in [4.69, 9.17) is 37.1 Å². The average molecular weight is 1700 g/mol. The summed E-state index contributed by atoms with van der Waals surface area (Å²) in [5.41, 5.74) is 26.2. The molecule has 14 amide bonds. The number of nitrogens with zero attached hydrogens (tertiary/aromatic N) is 5. The molecular weight excluding hydrogens is 1580 g/mol. The first kappa shape index (κ1) is 96.8. The van der Waals surface area contributed by atoms with Crippen molar-refractivity contribution in [2.45, 2.75) is 229 Å². The van der Waals surface area contributed by atoms with Crippen LogP contribution in [0.25, 0.3) is 0 Å². The lowest BCUT2D eigenvalue weighted by Gasteiger charge is -2.26. The van der Waals surface area contributed by atoms with Crippen LogP contribution in [0.3, 0.4) is 0 Å². The van der Waals surface area contributed by atoms with Gasteiger partial charge in [-0.2, -0.15) is 0 Å². The van der Waals surface area contributed by atoms with Crippen LogP contribution >= 0.6 is 0 Å². The van der Waals surface area contributed by atoms with Crippen LogP contribution in [-0.4, -0.2) is 251 Å². The van der Waals surface area contributed by atoms with Gasteiger partial charge in [-0.1, -0.05) is 80.8 Å². The Labute approximate surface area is 702 Å².